The zero-order valence-corrected chi connectivity index (χ0v) is 14.0. The van der Waals surface area contributed by atoms with Gasteiger partial charge in [0.2, 0.25) is 5.91 Å². The van der Waals surface area contributed by atoms with E-state index in [4.69, 9.17) is 0 Å². The Hall–Kier alpha value is -0.550. The van der Waals surface area contributed by atoms with E-state index in [1.165, 1.54) is 5.56 Å². The number of hydrogen-bond acceptors (Lipinski definition) is 2. The molecule has 0 aromatic heterocycles. The second kappa shape index (κ2) is 7.14. The number of carbonyl (C=O) groups is 1. The third kappa shape index (κ3) is 4.98. The maximum absolute atomic E-state index is 11.5. The Morgan fingerprint density at radius 1 is 1.28 bits per heavy atom. The smallest absolute Gasteiger partial charge is 0.221 e. The highest BCUT2D eigenvalue weighted by molar-refractivity contribution is 9.11. The van der Waals surface area contributed by atoms with E-state index in [-0.39, 0.29) is 11.9 Å². The minimum absolute atomic E-state index is 0.0665. The van der Waals surface area contributed by atoms with Gasteiger partial charge in [-0.2, -0.15) is 0 Å². The number of carbonyl (C=O) groups excluding carboxylic acids is 1. The van der Waals surface area contributed by atoms with Crippen molar-refractivity contribution in [2.45, 2.75) is 33.2 Å². The lowest BCUT2D eigenvalue weighted by molar-refractivity contribution is -0.121. The summed E-state index contributed by atoms with van der Waals surface area (Å²) in [5.74, 6) is 0.0665. The quantitative estimate of drug-likeness (QED) is 0.818. The van der Waals surface area contributed by atoms with E-state index in [0.29, 0.717) is 13.0 Å². The zero-order valence-electron chi connectivity index (χ0n) is 10.8. The van der Waals surface area contributed by atoms with E-state index >= 15 is 0 Å². The second-order valence-electron chi connectivity index (χ2n) is 4.50. The van der Waals surface area contributed by atoms with E-state index in [1.807, 2.05) is 32.9 Å². The molecule has 100 valence electrons. The predicted octanol–water partition coefficient (Wildman–Crippen LogP) is 3.85. The lowest BCUT2D eigenvalue weighted by Crippen LogP contribution is -2.31. The normalized spacial score (nSPS) is 10.6. The molecule has 1 rings (SSSR count). The van der Waals surface area contributed by atoms with Gasteiger partial charge in [-0.15, -0.1) is 0 Å². The molecule has 0 spiro atoms. The molecule has 1 aromatic rings. The summed E-state index contributed by atoms with van der Waals surface area (Å²) in [7, 11) is 0. The van der Waals surface area contributed by atoms with E-state index in [1.54, 1.807) is 0 Å². The molecule has 0 radical (unpaired) electrons. The number of anilines is 1. The first-order valence-corrected chi connectivity index (χ1v) is 7.47. The van der Waals surface area contributed by atoms with Crippen molar-refractivity contribution >= 4 is 43.5 Å². The Morgan fingerprint density at radius 3 is 2.33 bits per heavy atom. The van der Waals surface area contributed by atoms with Gasteiger partial charge in [0.1, 0.15) is 0 Å². The second-order valence-corrected chi connectivity index (χ2v) is 6.21. The molecule has 1 amide bonds. The molecule has 0 aliphatic heterocycles. The topological polar surface area (TPSA) is 41.1 Å². The fourth-order valence-electron chi connectivity index (χ4n) is 1.56. The van der Waals surface area contributed by atoms with Crippen molar-refractivity contribution in [1.29, 1.82) is 0 Å². The van der Waals surface area contributed by atoms with Crippen molar-refractivity contribution < 1.29 is 4.79 Å². The Kier molecular flexibility index (Phi) is 6.15. The van der Waals surface area contributed by atoms with Crippen molar-refractivity contribution in [2.24, 2.45) is 0 Å². The summed E-state index contributed by atoms with van der Waals surface area (Å²) in [6.45, 7) is 6.56. The number of halogens is 2. The van der Waals surface area contributed by atoms with Crippen LogP contribution in [0, 0.1) is 6.92 Å². The van der Waals surface area contributed by atoms with E-state index < -0.39 is 0 Å². The van der Waals surface area contributed by atoms with Gasteiger partial charge in [0.05, 0.1) is 5.69 Å². The molecule has 0 heterocycles. The van der Waals surface area contributed by atoms with Crippen LogP contribution in [0.4, 0.5) is 5.69 Å². The third-order valence-electron chi connectivity index (χ3n) is 2.29. The van der Waals surface area contributed by atoms with E-state index in [9.17, 15) is 4.79 Å². The standard InChI is InChI=1S/C13H18Br2N2O/c1-8(2)17-12(18)4-5-16-13-10(14)6-9(3)7-11(13)15/h6-8,16H,4-5H2,1-3H3,(H,17,18). The van der Waals surface area contributed by atoms with Gasteiger partial charge in [0.15, 0.2) is 0 Å². The molecule has 0 atom stereocenters. The number of aryl methyl sites for hydroxylation is 1. The molecule has 0 aliphatic carbocycles. The maximum Gasteiger partial charge on any atom is 0.221 e. The third-order valence-corrected chi connectivity index (χ3v) is 3.54. The summed E-state index contributed by atoms with van der Waals surface area (Å²) in [5.41, 5.74) is 2.16. The number of rotatable bonds is 5. The highest BCUT2D eigenvalue weighted by atomic mass is 79.9. The fourth-order valence-corrected chi connectivity index (χ4v) is 3.26. The summed E-state index contributed by atoms with van der Waals surface area (Å²) >= 11 is 7.02. The molecule has 2 N–H and O–H groups in total. The van der Waals surface area contributed by atoms with Crippen molar-refractivity contribution in [1.82, 2.24) is 5.32 Å². The van der Waals surface area contributed by atoms with Gasteiger partial charge in [-0.25, -0.2) is 0 Å². The van der Waals surface area contributed by atoms with Gasteiger partial charge in [0.25, 0.3) is 0 Å². The average molecular weight is 378 g/mol. The first-order valence-electron chi connectivity index (χ1n) is 5.89. The lowest BCUT2D eigenvalue weighted by atomic mass is 10.2. The molecular weight excluding hydrogens is 360 g/mol. The molecule has 0 saturated carbocycles. The Labute approximate surface area is 125 Å². The molecule has 18 heavy (non-hydrogen) atoms. The molecule has 0 fully saturated rings. The highest BCUT2D eigenvalue weighted by Gasteiger charge is 2.07. The Morgan fingerprint density at radius 2 is 1.83 bits per heavy atom. The largest absolute Gasteiger partial charge is 0.383 e. The molecule has 0 bridgehead atoms. The molecule has 0 aliphatic rings. The summed E-state index contributed by atoms with van der Waals surface area (Å²) in [5, 5.41) is 6.12. The molecule has 3 nitrogen and oxygen atoms in total. The lowest BCUT2D eigenvalue weighted by Gasteiger charge is -2.12. The predicted molar refractivity (Wildman–Crippen MR) is 83.0 cm³/mol. The van der Waals surface area contributed by atoms with Crippen molar-refractivity contribution in [3.63, 3.8) is 0 Å². The number of benzene rings is 1. The molecule has 5 heteroatoms. The number of amides is 1. The summed E-state index contributed by atoms with van der Waals surface area (Å²) in [6.07, 6.45) is 0.463. The van der Waals surface area contributed by atoms with Crippen molar-refractivity contribution in [3.05, 3.63) is 26.6 Å². The zero-order chi connectivity index (χ0) is 13.7. The Balaban J connectivity index is 2.52. The van der Waals surface area contributed by atoms with Crippen molar-refractivity contribution in [2.75, 3.05) is 11.9 Å². The average Bonchev–Trinajstić information content (AvgIpc) is 2.20. The molecular formula is C13H18Br2N2O. The van der Waals surface area contributed by atoms with Crippen LogP contribution in [0.3, 0.4) is 0 Å². The SMILES string of the molecule is Cc1cc(Br)c(NCCC(=O)NC(C)C)c(Br)c1. The van der Waals surface area contributed by atoms with E-state index in [2.05, 4.69) is 42.5 Å². The van der Waals surface area contributed by atoms with Crippen LogP contribution in [0.5, 0.6) is 0 Å². The maximum atomic E-state index is 11.5. The first-order chi connectivity index (χ1) is 8.40. The van der Waals surface area contributed by atoms with Crippen LogP contribution in [0.1, 0.15) is 25.8 Å². The van der Waals surface area contributed by atoms with Gasteiger partial charge in [-0.1, -0.05) is 0 Å². The summed E-state index contributed by atoms with van der Waals surface area (Å²) < 4.78 is 2.00. The van der Waals surface area contributed by atoms with Crippen LogP contribution >= 0.6 is 31.9 Å². The number of hydrogen-bond donors (Lipinski definition) is 2. The summed E-state index contributed by atoms with van der Waals surface area (Å²) in [4.78, 5) is 11.5. The Bertz CT molecular complexity index is 410. The van der Waals surface area contributed by atoms with E-state index in [0.717, 1.165) is 14.6 Å². The minimum atomic E-state index is 0.0665. The number of nitrogens with one attached hydrogen (secondary N) is 2. The van der Waals surface area contributed by atoms with Crippen LogP contribution in [-0.4, -0.2) is 18.5 Å². The minimum Gasteiger partial charge on any atom is -0.383 e. The van der Waals surface area contributed by atoms with Gasteiger partial charge in [0, 0.05) is 28.0 Å². The van der Waals surface area contributed by atoms with Gasteiger partial charge < -0.3 is 10.6 Å². The monoisotopic (exact) mass is 376 g/mol. The van der Waals surface area contributed by atoms with Gasteiger partial charge in [-0.05, 0) is 70.3 Å². The van der Waals surface area contributed by atoms with Gasteiger partial charge >= 0.3 is 0 Å². The van der Waals surface area contributed by atoms with Gasteiger partial charge in [-0.3, -0.25) is 4.79 Å². The van der Waals surface area contributed by atoms with Crippen LogP contribution in [0.2, 0.25) is 0 Å². The summed E-state index contributed by atoms with van der Waals surface area (Å²) in [6, 6.07) is 4.28. The first kappa shape index (κ1) is 15.5. The van der Waals surface area contributed by atoms with Crippen LogP contribution < -0.4 is 10.6 Å². The molecule has 1 aromatic carbocycles. The fraction of sp³-hybridized carbons (Fsp3) is 0.462. The van der Waals surface area contributed by atoms with Crippen molar-refractivity contribution in [3.8, 4) is 0 Å². The molecule has 0 unspecified atom stereocenters. The van der Waals surface area contributed by atoms with Crippen LogP contribution in [0.25, 0.3) is 0 Å². The molecule has 0 saturated heterocycles. The van der Waals surface area contributed by atoms with Crippen LogP contribution in [-0.2, 0) is 4.79 Å². The highest BCUT2D eigenvalue weighted by Crippen LogP contribution is 2.32. The van der Waals surface area contributed by atoms with Crippen LogP contribution in [0.15, 0.2) is 21.1 Å².